The molecule has 138 valence electrons. The van der Waals surface area contributed by atoms with Gasteiger partial charge in [0.15, 0.2) is 0 Å². The molecule has 4 rings (SSSR count). The van der Waals surface area contributed by atoms with Gasteiger partial charge in [-0.25, -0.2) is 9.97 Å². The van der Waals surface area contributed by atoms with Crippen molar-refractivity contribution < 1.29 is 0 Å². The fourth-order valence-corrected chi connectivity index (χ4v) is 4.33. The summed E-state index contributed by atoms with van der Waals surface area (Å²) >= 11 is 1.78. The largest absolute Gasteiger partial charge is 0.348 e. The van der Waals surface area contributed by atoms with Crippen molar-refractivity contribution in [1.29, 1.82) is 0 Å². The first-order chi connectivity index (χ1) is 11.9. The van der Waals surface area contributed by atoms with Gasteiger partial charge in [-0.1, -0.05) is 12.1 Å². The summed E-state index contributed by atoms with van der Waals surface area (Å²) in [6.07, 6.45) is 8.33. The van der Waals surface area contributed by atoms with Gasteiger partial charge in [0.25, 0.3) is 0 Å². The number of hydrogen-bond donors (Lipinski definition) is 1. The average Bonchev–Trinajstić information content (AvgIpc) is 3.01. The Kier molecular flexibility index (Phi) is 7.34. The van der Waals surface area contributed by atoms with E-state index in [0.29, 0.717) is 0 Å². The van der Waals surface area contributed by atoms with E-state index >= 15 is 0 Å². The van der Waals surface area contributed by atoms with Crippen LogP contribution in [-0.2, 0) is 19.5 Å². The molecular weight excluding hydrogens is 389 g/mol. The highest BCUT2D eigenvalue weighted by molar-refractivity contribution is 7.19. The van der Waals surface area contributed by atoms with Crippen LogP contribution in [0.1, 0.15) is 16.0 Å². The maximum absolute atomic E-state index is 4.64. The molecule has 1 N–H and O–H groups in total. The summed E-state index contributed by atoms with van der Waals surface area (Å²) in [7, 11) is 0. The van der Waals surface area contributed by atoms with E-state index in [1.54, 1.807) is 23.9 Å². The number of nitrogens with zero attached hydrogens (tertiary/aromatic N) is 4. The number of aromatic nitrogens is 3. The van der Waals surface area contributed by atoms with Crippen molar-refractivity contribution in [1.82, 2.24) is 20.3 Å². The third kappa shape index (κ3) is 3.99. The maximum atomic E-state index is 4.64. The fourth-order valence-electron chi connectivity index (χ4n) is 3.18. The lowest BCUT2D eigenvalue weighted by atomic mass is 10.1. The van der Waals surface area contributed by atoms with Crippen LogP contribution in [0.25, 0.3) is 10.2 Å². The Balaban J connectivity index is 0.00000121. The molecule has 0 radical (unpaired) electrons. The molecule has 0 bridgehead atoms. The third-order valence-electron chi connectivity index (χ3n) is 4.23. The highest BCUT2D eigenvalue weighted by atomic mass is 35.5. The normalized spacial score (nSPS) is 12.6. The van der Waals surface area contributed by atoms with Gasteiger partial charge in [0.2, 0.25) is 0 Å². The Hall–Kier alpha value is -1.73. The summed E-state index contributed by atoms with van der Waals surface area (Å²) in [5.41, 5.74) is 2.57. The van der Waals surface area contributed by atoms with Gasteiger partial charge in [-0.2, -0.15) is 0 Å². The van der Waals surface area contributed by atoms with Gasteiger partial charge in [-0.3, -0.25) is 4.98 Å². The number of nitrogens with one attached hydrogen (secondary N) is 1. The van der Waals surface area contributed by atoms with Crippen LogP contribution in [0.4, 0.5) is 5.82 Å². The maximum Gasteiger partial charge on any atom is 0.141 e. The number of fused-ring (bicyclic) bond motifs is 3. The summed E-state index contributed by atoms with van der Waals surface area (Å²) < 4.78 is 0. The Labute approximate surface area is 169 Å². The quantitative estimate of drug-likeness (QED) is 0.649. The number of rotatable bonds is 5. The molecule has 0 unspecified atom stereocenters. The van der Waals surface area contributed by atoms with Crippen molar-refractivity contribution in [3.63, 3.8) is 0 Å². The molecule has 0 aliphatic carbocycles. The SMILES string of the molecule is C=CCN(Cc1cccnc1)c1ncnc2sc3c(c12)CCNC3.Cl.Cl. The lowest BCUT2D eigenvalue weighted by Crippen LogP contribution is -2.25. The molecule has 0 atom stereocenters. The lowest BCUT2D eigenvalue weighted by molar-refractivity contribution is 0.657. The predicted molar refractivity (Wildman–Crippen MR) is 113 cm³/mol. The molecule has 0 saturated carbocycles. The van der Waals surface area contributed by atoms with Crippen LogP contribution < -0.4 is 10.2 Å². The van der Waals surface area contributed by atoms with Crippen LogP contribution in [0, 0.1) is 0 Å². The number of pyridine rings is 1. The predicted octanol–water partition coefficient (Wildman–Crippen LogP) is 3.77. The fraction of sp³-hybridized carbons (Fsp3) is 0.278. The molecule has 4 heterocycles. The summed E-state index contributed by atoms with van der Waals surface area (Å²) in [5.74, 6) is 1.00. The molecule has 26 heavy (non-hydrogen) atoms. The van der Waals surface area contributed by atoms with E-state index in [1.807, 2.05) is 18.3 Å². The second-order valence-corrected chi connectivity index (χ2v) is 6.92. The Morgan fingerprint density at radius 3 is 2.96 bits per heavy atom. The molecule has 0 spiro atoms. The first kappa shape index (κ1) is 20.6. The smallest absolute Gasteiger partial charge is 0.141 e. The minimum Gasteiger partial charge on any atom is -0.348 e. The molecule has 0 saturated heterocycles. The zero-order valence-corrected chi connectivity index (χ0v) is 16.7. The summed E-state index contributed by atoms with van der Waals surface area (Å²) in [6, 6.07) is 4.06. The Morgan fingerprint density at radius 1 is 1.31 bits per heavy atom. The first-order valence-electron chi connectivity index (χ1n) is 8.07. The molecule has 0 fully saturated rings. The molecule has 3 aromatic rings. The highest BCUT2D eigenvalue weighted by Gasteiger charge is 2.22. The zero-order chi connectivity index (χ0) is 16.4. The van der Waals surface area contributed by atoms with Crippen LogP contribution in [0.2, 0.25) is 0 Å². The van der Waals surface area contributed by atoms with Crippen LogP contribution in [0.5, 0.6) is 0 Å². The third-order valence-corrected chi connectivity index (χ3v) is 5.37. The van der Waals surface area contributed by atoms with Crippen molar-refractivity contribution in [2.75, 3.05) is 18.0 Å². The molecule has 5 nitrogen and oxygen atoms in total. The second-order valence-electron chi connectivity index (χ2n) is 5.84. The minimum atomic E-state index is 0. The molecular formula is C18H21Cl2N5S. The van der Waals surface area contributed by atoms with Gasteiger partial charge >= 0.3 is 0 Å². The second kappa shape index (κ2) is 9.28. The van der Waals surface area contributed by atoms with Crippen molar-refractivity contribution in [2.24, 2.45) is 0 Å². The summed E-state index contributed by atoms with van der Waals surface area (Å²) in [4.78, 5) is 18.1. The van der Waals surface area contributed by atoms with Gasteiger partial charge in [0, 0.05) is 36.9 Å². The van der Waals surface area contributed by atoms with Crippen LogP contribution in [0.3, 0.4) is 0 Å². The standard InChI is InChI=1S/C18H19N5S.2ClH/c1-2-8-23(11-13-4-3-6-19-9-13)17-16-14-5-7-20-10-15(14)24-18(16)22-12-21-17;;/h2-4,6,9,12,20H,1,5,7-8,10-11H2;2*1H. The van der Waals surface area contributed by atoms with E-state index in [2.05, 4.69) is 37.8 Å². The molecule has 0 aromatic carbocycles. The van der Waals surface area contributed by atoms with Crippen molar-refractivity contribution >= 4 is 52.2 Å². The summed E-state index contributed by atoms with van der Waals surface area (Å²) in [6.45, 7) is 7.36. The first-order valence-corrected chi connectivity index (χ1v) is 8.89. The van der Waals surface area contributed by atoms with Crippen LogP contribution in [0.15, 0.2) is 43.5 Å². The molecule has 8 heteroatoms. The molecule has 3 aromatic heterocycles. The van der Waals surface area contributed by atoms with Crippen LogP contribution in [-0.4, -0.2) is 28.0 Å². The zero-order valence-electron chi connectivity index (χ0n) is 14.2. The van der Waals surface area contributed by atoms with Gasteiger partial charge in [0.1, 0.15) is 17.0 Å². The Bertz CT molecular complexity index is 869. The number of anilines is 1. The number of halogens is 2. The molecule has 1 aliphatic rings. The number of thiophene rings is 1. The Morgan fingerprint density at radius 2 is 2.19 bits per heavy atom. The average molecular weight is 410 g/mol. The lowest BCUT2D eigenvalue weighted by Gasteiger charge is -2.23. The van der Waals surface area contributed by atoms with Gasteiger partial charge < -0.3 is 10.2 Å². The molecule has 0 amide bonds. The summed E-state index contributed by atoms with van der Waals surface area (Å²) in [5, 5.41) is 4.65. The van der Waals surface area contributed by atoms with E-state index in [-0.39, 0.29) is 24.8 Å². The minimum absolute atomic E-state index is 0. The van der Waals surface area contributed by atoms with E-state index < -0.39 is 0 Å². The van der Waals surface area contributed by atoms with Gasteiger partial charge in [0.05, 0.1) is 5.39 Å². The van der Waals surface area contributed by atoms with Gasteiger partial charge in [-0.05, 0) is 30.2 Å². The number of hydrogen-bond acceptors (Lipinski definition) is 6. The van der Waals surface area contributed by atoms with Crippen LogP contribution >= 0.6 is 36.2 Å². The monoisotopic (exact) mass is 409 g/mol. The van der Waals surface area contributed by atoms with Crippen molar-refractivity contribution in [3.8, 4) is 0 Å². The van der Waals surface area contributed by atoms with E-state index in [0.717, 1.165) is 48.8 Å². The van der Waals surface area contributed by atoms with E-state index in [4.69, 9.17) is 0 Å². The molecule has 1 aliphatic heterocycles. The topological polar surface area (TPSA) is 53.9 Å². The van der Waals surface area contributed by atoms with Crippen molar-refractivity contribution in [3.05, 3.63) is 59.5 Å². The van der Waals surface area contributed by atoms with Crippen molar-refractivity contribution in [2.45, 2.75) is 19.5 Å². The van der Waals surface area contributed by atoms with Gasteiger partial charge in [-0.15, -0.1) is 42.7 Å². The van der Waals surface area contributed by atoms with E-state index in [9.17, 15) is 0 Å². The highest BCUT2D eigenvalue weighted by Crippen LogP contribution is 2.37. The van der Waals surface area contributed by atoms with E-state index in [1.165, 1.54) is 15.8 Å².